The quantitative estimate of drug-likeness (QED) is 0.864. The van der Waals surface area contributed by atoms with Gasteiger partial charge in [0.2, 0.25) is 5.91 Å². The molecule has 0 spiro atoms. The number of hydrogen-bond acceptors (Lipinski definition) is 4. The van der Waals surface area contributed by atoms with Crippen molar-refractivity contribution in [3.05, 3.63) is 41.7 Å². The Morgan fingerprint density at radius 1 is 1.20 bits per heavy atom. The number of hydrogen-bond donors (Lipinski definition) is 2. The summed E-state index contributed by atoms with van der Waals surface area (Å²) in [6.45, 7) is 3.99. The number of nitrogens with zero attached hydrogens (tertiary/aromatic N) is 3. The third-order valence-corrected chi connectivity index (χ3v) is 4.43. The Kier molecular flexibility index (Phi) is 4.85. The largest absolute Gasteiger partial charge is 0.357 e. The van der Waals surface area contributed by atoms with Gasteiger partial charge in [-0.25, -0.2) is 4.98 Å². The van der Waals surface area contributed by atoms with Gasteiger partial charge in [0.05, 0.1) is 5.69 Å². The summed E-state index contributed by atoms with van der Waals surface area (Å²) < 4.78 is 2.11. The van der Waals surface area contributed by atoms with Crippen LogP contribution < -0.4 is 10.6 Å². The normalized spacial score (nSPS) is 15.3. The van der Waals surface area contributed by atoms with E-state index < -0.39 is 6.04 Å². The van der Waals surface area contributed by atoms with Gasteiger partial charge in [-0.05, 0) is 14.0 Å². The highest BCUT2D eigenvalue weighted by Crippen LogP contribution is 2.26. The Morgan fingerprint density at radius 2 is 1.92 bits per heavy atom. The second kappa shape index (κ2) is 7.06. The van der Waals surface area contributed by atoms with Gasteiger partial charge in [-0.2, -0.15) is 0 Å². The Balaban J connectivity index is 1.98. The predicted octanol–water partition coefficient (Wildman–Crippen LogP) is 0.860. The number of aromatic nitrogens is 2. The van der Waals surface area contributed by atoms with E-state index in [1.165, 1.54) is 0 Å². The molecule has 0 bridgehead atoms. The van der Waals surface area contributed by atoms with Gasteiger partial charge in [0.25, 0.3) is 5.91 Å². The molecule has 1 aromatic carbocycles. The lowest BCUT2D eigenvalue weighted by molar-refractivity contribution is -0.122. The first-order chi connectivity index (χ1) is 12.0. The Morgan fingerprint density at radius 3 is 2.60 bits per heavy atom. The van der Waals surface area contributed by atoms with E-state index in [1.807, 2.05) is 37.4 Å². The lowest BCUT2D eigenvalue weighted by Gasteiger charge is -2.25. The van der Waals surface area contributed by atoms with Crippen molar-refractivity contribution in [1.82, 2.24) is 25.1 Å². The zero-order chi connectivity index (χ0) is 18.0. The number of imidazole rings is 1. The van der Waals surface area contributed by atoms with E-state index in [1.54, 1.807) is 14.0 Å². The number of carbonyl (C=O) groups excluding carboxylic acids is 2. The summed E-state index contributed by atoms with van der Waals surface area (Å²) in [6.07, 6.45) is 0. The highest BCUT2D eigenvalue weighted by atomic mass is 16.2. The summed E-state index contributed by atoms with van der Waals surface area (Å²) in [5.74, 6) is 0.237. The smallest absolute Gasteiger partial charge is 0.272 e. The van der Waals surface area contributed by atoms with Crippen LogP contribution in [0.25, 0.3) is 11.4 Å². The van der Waals surface area contributed by atoms with Crippen LogP contribution in [0.15, 0.2) is 30.3 Å². The van der Waals surface area contributed by atoms with Gasteiger partial charge >= 0.3 is 0 Å². The van der Waals surface area contributed by atoms with Crippen molar-refractivity contribution in [3.63, 3.8) is 0 Å². The van der Waals surface area contributed by atoms with Gasteiger partial charge in [-0.1, -0.05) is 30.3 Å². The Labute approximate surface area is 147 Å². The topological polar surface area (TPSA) is 79.3 Å². The monoisotopic (exact) mass is 341 g/mol. The van der Waals surface area contributed by atoms with E-state index in [0.717, 1.165) is 30.2 Å². The van der Waals surface area contributed by atoms with Gasteiger partial charge < -0.3 is 15.2 Å². The summed E-state index contributed by atoms with van der Waals surface area (Å²) in [7, 11) is 3.57. The van der Waals surface area contributed by atoms with Crippen LogP contribution in [0.5, 0.6) is 0 Å². The minimum atomic E-state index is -0.614. The van der Waals surface area contributed by atoms with Crippen LogP contribution in [0.1, 0.15) is 23.1 Å². The van der Waals surface area contributed by atoms with Crippen molar-refractivity contribution in [3.8, 4) is 11.4 Å². The molecule has 0 fully saturated rings. The standard InChI is InChI=1S/C18H23N5O2/c1-12(17(24)19-2)20-18(25)15-14-11-22(3)9-10-23(14)16(21-15)13-7-5-4-6-8-13/h4-8,12H,9-11H2,1-3H3,(H,19,24)(H,20,25). The first-order valence-electron chi connectivity index (χ1n) is 8.37. The lowest BCUT2D eigenvalue weighted by atomic mass is 10.2. The second-order valence-corrected chi connectivity index (χ2v) is 6.30. The van der Waals surface area contributed by atoms with Crippen LogP contribution >= 0.6 is 0 Å². The molecule has 0 aliphatic carbocycles. The maximum Gasteiger partial charge on any atom is 0.272 e. The maximum absolute atomic E-state index is 12.7. The predicted molar refractivity (Wildman–Crippen MR) is 95.0 cm³/mol. The number of rotatable bonds is 4. The second-order valence-electron chi connectivity index (χ2n) is 6.30. The number of likely N-dealkylation sites (N-methyl/N-ethyl adjacent to an activating group) is 2. The zero-order valence-electron chi connectivity index (χ0n) is 14.7. The van der Waals surface area contributed by atoms with Crippen LogP contribution in [0.2, 0.25) is 0 Å². The number of carbonyl (C=O) groups is 2. The van der Waals surface area contributed by atoms with Crippen LogP contribution in [-0.4, -0.2) is 52.9 Å². The molecule has 2 aromatic rings. The van der Waals surface area contributed by atoms with Crippen molar-refractivity contribution < 1.29 is 9.59 Å². The van der Waals surface area contributed by atoms with Crippen molar-refractivity contribution in [2.45, 2.75) is 26.1 Å². The molecule has 2 N–H and O–H groups in total. The summed E-state index contributed by atoms with van der Waals surface area (Å²) >= 11 is 0. The fourth-order valence-electron chi connectivity index (χ4n) is 3.03. The number of amides is 2. The third kappa shape index (κ3) is 3.41. The van der Waals surface area contributed by atoms with Crippen molar-refractivity contribution in [2.24, 2.45) is 0 Å². The van der Waals surface area contributed by atoms with E-state index in [2.05, 4.69) is 25.1 Å². The van der Waals surface area contributed by atoms with Gasteiger partial charge in [-0.3, -0.25) is 14.5 Å². The average Bonchev–Trinajstić information content (AvgIpc) is 3.00. The van der Waals surface area contributed by atoms with E-state index in [-0.39, 0.29) is 11.8 Å². The fraction of sp³-hybridized carbons (Fsp3) is 0.389. The van der Waals surface area contributed by atoms with Crippen LogP contribution in [0.4, 0.5) is 0 Å². The third-order valence-electron chi connectivity index (χ3n) is 4.43. The first-order valence-corrected chi connectivity index (χ1v) is 8.37. The lowest BCUT2D eigenvalue weighted by Crippen LogP contribution is -2.44. The molecule has 1 atom stereocenters. The van der Waals surface area contributed by atoms with Crippen molar-refractivity contribution in [1.29, 1.82) is 0 Å². The maximum atomic E-state index is 12.7. The van der Waals surface area contributed by atoms with E-state index in [9.17, 15) is 9.59 Å². The Hall–Kier alpha value is -2.67. The van der Waals surface area contributed by atoms with E-state index in [4.69, 9.17) is 0 Å². The molecule has 3 rings (SSSR count). The van der Waals surface area contributed by atoms with E-state index in [0.29, 0.717) is 12.2 Å². The number of benzene rings is 1. The highest BCUT2D eigenvalue weighted by molar-refractivity contribution is 5.97. The molecule has 2 heterocycles. The highest BCUT2D eigenvalue weighted by Gasteiger charge is 2.28. The molecule has 1 aliphatic heterocycles. The van der Waals surface area contributed by atoms with Gasteiger partial charge in [0, 0.05) is 32.2 Å². The average molecular weight is 341 g/mol. The minimum absolute atomic E-state index is 0.234. The number of nitrogens with one attached hydrogen (secondary N) is 2. The summed E-state index contributed by atoms with van der Waals surface area (Å²) in [4.78, 5) is 31.2. The van der Waals surface area contributed by atoms with Crippen LogP contribution in [0, 0.1) is 0 Å². The summed E-state index contributed by atoms with van der Waals surface area (Å²) in [6, 6.07) is 9.23. The minimum Gasteiger partial charge on any atom is -0.357 e. The molecule has 132 valence electrons. The zero-order valence-corrected chi connectivity index (χ0v) is 14.7. The molecular formula is C18H23N5O2. The van der Waals surface area contributed by atoms with Gasteiger partial charge in [0.1, 0.15) is 11.9 Å². The van der Waals surface area contributed by atoms with Crippen molar-refractivity contribution in [2.75, 3.05) is 20.6 Å². The fourth-order valence-corrected chi connectivity index (χ4v) is 3.03. The first kappa shape index (κ1) is 17.2. The van der Waals surface area contributed by atoms with Gasteiger partial charge in [-0.15, -0.1) is 0 Å². The van der Waals surface area contributed by atoms with Crippen LogP contribution in [-0.2, 0) is 17.9 Å². The molecule has 0 radical (unpaired) electrons. The number of fused-ring (bicyclic) bond motifs is 1. The summed E-state index contributed by atoms with van der Waals surface area (Å²) in [5.41, 5.74) is 2.25. The molecule has 7 nitrogen and oxygen atoms in total. The molecule has 0 saturated heterocycles. The molecule has 1 aromatic heterocycles. The van der Waals surface area contributed by atoms with Crippen molar-refractivity contribution >= 4 is 11.8 Å². The molecule has 7 heteroatoms. The molecular weight excluding hydrogens is 318 g/mol. The molecule has 2 amide bonds. The molecule has 1 aliphatic rings. The van der Waals surface area contributed by atoms with E-state index >= 15 is 0 Å². The SMILES string of the molecule is CNC(=O)C(C)NC(=O)c1nc(-c2ccccc2)n2c1CN(C)CC2. The summed E-state index contributed by atoms with van der Waals surface area (Å²) in [5, 5.41) is 5.27. The molecule has 1 unspecified atom stereocenters. The molecule has 0 saturated carbocycles. The molecule has 25 heavy (non-hydrogen) atoms. The Bertz CT molecular complexity index is 784. The van der Waals surface area contributed by atoms with Crippen LogP contribution in [0.3, 0.4) is 0 Å². The van der Waals surface area contributed by atoms with Gasteiger partial charge in [0.15, 0.2) is 5.69 Å².